The SMILES string of the molecule is Cc1ccc(C(N)=O)cc1N(CC(=O)NCCN(C(=O)OC(C)(C)C)C(C)C)CC(=O)N(C)N1Cc2ccc(F)cc2C1. The largest absolute Gasteiger partial charge is 0.444 e. The molecular formula is C31H43FN6O5. The van der Waals surface area contributed by atoms with E-state index < -0.39 is 17.6 Å². The van der Waals surface area contributed by atoms with Crippen LogP contribution in [0.15, 0.2) is 36.4 Å². The number of benzene rings is 2. The molecule has 0 radical (unpaired) electrons. The number of nitrogens with zero attached hydrogens (tertiary/aromatic N) is 4. The highest BCUT2D eigenvalue weighted by molar-refractivity contribution is 5.95. The molecular weight excluding hydrogens is 555 g/mol. The normalized spacial score (nSPS) is 13.0. The Morgan fingerprint density at radius 1 is 1.05 bits per heavy atom. The molecule has 11 nitrogen and oxygen atoms in total. The number of likely N-dealkylation sites (N-methyl/N-ethyl adjacent to an activating group) is 1. The smallest absolute Gasteiger partial charge is 0.410 e. The second kappa shape index (κ2) is 13.9. The van der Waals surface area contributed by atoms with E-state index in [1.165, 1.54) is 22.0 Å². The Morgan fingerprint density at radius 2 is 1.72 bits per heavy atom. The average Bonchev–Trinajstić information content (AvgIpc) is 3.32. The van der Waals surface area contributed by atoms with E-state index in [4.69, 9.17) is 10.5 Å². The topological polar surface area (TPSA) is 129 Å². The number of aryl methyl sites for hydroxylation is 1. The van der Waals surface area contributed by atoms with Crippen molar-refractivity contribution in [2.45, 2.75) is 66.3 Å². The highest BCUT2D eigenvalue weighted by Gasteiger charge is 2.28. The number of carbonyl (C=O) groups is 4. The van der Waals surface area contributed by atoms with Crippen LogP contribution in [0, 0.1) is 12.7 Å². The van der Waals surface area contributed by atoms with Crippen LogP contribution in [0.1, 0.15) is 61.7 Å². The number of anilines is 1. The molecule has 12 heteroatoms. The summed E-state index contributed by atoms with van der Waals surface area (Å²) in [5.74, 6) is -1.65. The maximum absolute atomic E-state index is 13.7. The molecule has 0 bridgehead atoms. The van der Waals surface area contributed by atoms with Crippen LogP contribution in [0.3, 0.4) is 0 Å². The number of hydrogen-bond donors (Lipinski definition) is 2. The lowest BCUT2D eigenvalue weighted by Gasteiger charge is -2.32. The molecule has 3 N–H and O–H groups in total. The van der Waals surface area contributed by atoms with Gasteiger partial charge in [0.05, 0.1) is 13.1 Å². The zero-order valence-corrected chi connectivity index (χ0v) is 26.1. The molecule has 3 rings (SSSR count). The summed E-state index contributed by atoms with van der Waals surface area (Å²) in [6.07, 6.45) is -0.474. The van der Waals surface area contributed by atoms with Crippen LogP contribution in [0.5, 0.6) is 0 Å². The second-order valence-electron chi connectivity index (χ2n) is 12.0. The number of amides is 4. The minimum atomic E-state index is -0.654. The lowest BCUT2D eigenvalue weighted by molar-refractivity contribution is -0.145. The number of hydrazine groups is 1. The Kier molecular flexibility index (Phi) is 10.7. The van der Waals surface area contributed by atoms with Gasteiger partial charge in [-0.3, -0.25) is 19.4 Å². The zero-order chi connectivity index (χ0) is 32.1. The molecule has 1 heterocycles. The van der Waals surface area contributed by atoms with Gasteiger partial charge in [-0.2, -0.15) is 0 Å². The molecule has 43 heavy (non-hydrogen) atoms. The Hall–Kier alpha value is -4.19. The van der Waals surface area contributed by atoms with Crippen molar-refractivity contribution >= 4 is 29.5 Å². The fourth-order valence-corrected chi connectivity index (χ4v) is 4.74. The molecule has 4 amide bonds. The lowest BCUT2D eigenvalue weighted by atomic mass is 10.1. The molecule has 0 spiro atoms. The van der Waals surface area contributed by atoms with Crippen molar-refractivity contribution in [1.82, 2.24) is 20.2 Å². The molecule has 0 aromatic heterocycles. The van der Waals surface area contributed by atoms with Gasteiger partial charge in [-0.25, -0.2) is 14.2 Å². The van der Waals surface area contributed by atoms with Gasteiger partial charge < -0.3 is 25.6 Å². The minimum absolute atomic E-state index is 0.149. The maximum Gasteiger partial charge on any atom is 0.410 e. The number of primary amides is 1. The number of nitrogens with one attached hydrogen (secondary N) is 1. The summed E-state index contributed by atoms with van der Waals surface area (Å²) in [5.41, 5.74) is 8.10. The van der Waals surface area contributed by atoms with Gasteiger partial charge in [-0.15, -0.1) is 0 Å². The molecule has 0 aliphatic carbocycles. The van der Waals surface area contributed by atoms with Crippen molar-refractivity contribution < 1.29 is 28.3 Å². The monoisotopic (exact) mass is 598 g/mol. The minimum Gasteiger partial charge on any atom is -0.444 e. The van der Waals surface area contributed by atoms with Gasteiger partial charge in [0.15, 0.2) is 0 Å². The number of hydrogen-bond acceptors (Lipinski definition) is 7. The first-order chi connectivity index (χ1) is 20.1. The zero-order valence-electron chi connectivity index (χ0n) is 26.1. The first-order valence-corrected chi connectivity index (χ1v) is 14.3. The fraction of sp³-hybridized carbons (Fsp3) is 0.484. The van der Waals surface area contributed by atoms with E-state index in [1.54, 1.807) is 62.0 Å². The summed E-state index contributed by atoms with van der Waals surface area (Å²) in [4.78, 5) is 54.3. The second-order valence-corrected chi connectivity index (χ2v) is 12.0. The van der Waals surface area contributed by atoms with Crippen LogP contribution in [-0.4, -0.2) is 83.6 Å². The summed E-state index contributed by atoms with van der Waals surface area (Å²) in [6, 6.07) is 9.28. The van der Waals surface area contributed by atoms with Crippen LogP contribution < -0.4 is 16.0 Å². The molecule has 0 unspecified atom stereocenters. The van der Waals surface area contributed by atoms with Crippen molar-refractivity contribution in [2.75, 3.05) is 38.1 Å². The Balaban J connectivity index is 1.73. The van der Waals surface area contributed by atoms with Crippen molar-refractivity contribution in [2.24, 2.45) is 5.73 Å². The number of rotatable bonds is 11. The summed E-state index contributed by atoms with van der Waals surface area (Å²) in [7, 11) is 1.63. The molecule has 0 fully saturated rings. The summed E-state index contributed by atoms with van der Waals surface area (Å²) < 4.78 is 19.2. The third-order valence-corrected chi connectivity index (χ3v) is 7.08. The summed E-state index contributed by atoms with van der Waals surface area (Å²) in [5, 5.41) is 6.09. The van der Waals surface area contributed by atoms with E-state index in [2.05, 4.69) is 5.32 Å². The predicted octanol–water partition coefficient (Wildman–Crippen LogP) is 3.19. The van der Waals surface area contributed by atoms with Crippen LogP contribution >= 0.6 is 0 Å². The molecule has 2 aromatic carbocycles. The van der Waals surface area contributed by atoms with Gasteiger partial charge in [0.25, 0.3) is 5.91 Å². The highest BCUT2D eigenvalue weighted by atomic mass is 19.1. The Bertz CT molecular complexity index is 1360. The third kappa shape index (κ3) is 9.15. The van der Waals surface area contributed by atoms with E-state index in [9.17, 15) is 23.6 Å². The van der Waals surface area contributed by atoms with Crippen LogP contribution in [-0.2, 0) is 27.4 Å². The first-order valence-electron chi connectivity index (χ1n) is 14.3. The molecule has 0 saturated heterocycles. The quantitative estimate of drug-likeness (QED) is 0.407. The van der Waals surface area contributed by atoms with E-state index in [0.29, 0.717) is 18.8 Å². The highest BCUT2D eigenvalue weighted by Crippen LogP contribution is 2.26. The van der Waals surface area contributed by atoms with Crippen molar-refractivity contribution in [3.8, 4) is 0 Å². The molecule has 0 saturated carbocycles. The van der Waals surface area contributed by atoms with Crippen molar-refractivity contribution in [3.63, 3.8) is 0 Å². The van der Waals surface area contributed by atoms with E-state index >= 15 is 0 Å². The molecule has 2 aromatic rings. The third-order valence-electron chi connectivity index (χ3n) is 7.08. The number of halogens is 1. The predicted molar refractivity (Wildman–Crippen MR) is 161 cm³/mol. The Labute approximate surface area is 252 Å². The number of carbonyl (C=O) groups excluding carboxylic acids is 4. The van der Waals surface area contributed by atoms with Gasteiger partial charge in [0, 0.05) is 50.5 Å². The molecule has 234 valence electrons. The molecule has 0 atom stereocenters. The van der Waals surface area contributed by atoms with Gasteiger partial charge in [0.1, 0.15) is 11.4 Å². The van der Waals surface area contributed by atoms with Crippen LogP contribution in [0.25, 0.3) is 0 Å². The number of nitrogens with two attached hydrogens (primary N) is 1. The van der Waals surface area contributed by atoms with Gasteiger partial charge in [0.2, 0.25) is 11.8 Å². The summed E-state index contributed by atoms with van der Waals surface area (Å²) in [6.45, 7) is 11.7. The van der Waals surface area contributed by atoms with Crippen LogP contribution in [0.4, 0.5) is 14.9 Å². The summed E-state index contributed by atoms with van der Waals surface area (Å²) >= 11 is 0. The molecule has 1 aliphatic rings. The standard InChI is InChI=1S/C31H43FN6O5/c1-20(2)38(30(42)43-31(4,5)6)13-12-34-27(39)18-36(26-15-22(29(33)41)9-8-21(26)3)19-28(40)35(7)37-16-23-10-11-25(32)14-24(23)17-37/h8-11,14-15,20H,12-13,16-19H2,1-7H3,(H2,33,41)(H,34,39). The van der Waals surface area contributed by atoms with Crippen molar-refractivity contribution in [3.05, 3.63) is 64.5 Å². The van der Waals surface area contributed by atoms with Crippen molar-refractivity contribution in [1.29, 1.82) is 0 Å². The Morgan fingerprint density at radius 3 is 2.35 bits per heavy atom. The fourth-order valence-electron chi connectivity index (χ4n) is 4.74. The average molecular weight is 599 g/mol. The van der Waals surface area contributed by atoms with Gasteiger partial charge in [-0.1, -0.05) is 12.1 Å². The first kappa shape index (κ1) is 33.3. The van der Waals surface area contributed by atoms with Gasteiger partial charge >= 0.3 is 6.09 Å². The number of ether oxygens (including phenoxy) is 1. The van der Waals surface area contributed by atoms with E-state index in [0.717, 1.165) is 16.7 Å². The number of fused-ring (bicyclic) bond motifs is 1. The van der Waals surface area contributed by atoms with E-state index in [1.807, 2.05) is 20.8 Å². The molecule has 1 aliphatic heterocycles. The lowest BCUT2D eigenvalue weighted by Crippen LogP contribution is -2.49. The van der Waals surface area contributed by atoms with E-state index in [-0.39, 0.29) is 55.4 Å². The van der Waals surface area contributed by atoms with Crippen LogP contribution in [0.2, 0.25) is 0 Å². The maximum atomic E-state index is 13.7. The van der Waals surface area contributed by atoms with Gasteiger partial charge in [-0.05, 0) is 82.5 Å².